The van der Waals surface area contributed by atoms with Gasteiger partial charge in [0.05, 0.1) is 16.7 Å². The number of rotatable bonds is 4. The Hall–Kier alpha value is -3.11. The first-order valence-electron chi connectivity index (χ1n) is 7.38. The summed E-state index contributed by atoms with van der Waals surface area (Å²) >= 11 is 0. The molecule has 0 atom stereocenters. The van der Waals surface area contributed by atoms with Crippen LogP contribution in [0.15, 0.2) is 42.5 Å². The van der Waals surface area contributed by atoms with E-state index < -0.39 is 53.3 Å². The fourth-order valence-corrected chi connectivity index (χ4v) is 2.02. The van der Waals surface area contributed by atoms with Gasteiger partial charge in [-0.05, 0) is 42.5 Å². The molecule has 4 nitrogen and oxygen atoms in total. The van der Waals surface area contributed by atoms with E-state index in [1.807, 2.05) is 0 Å². The van der Waals surface area contributed by atoms with E-state index >= 15 is 0 Å². The molecule has 28 heavy (non-hydrogen) atoms. The van der Waals surface area contributed by atoms with Crippen LogP contribution in [0.4, 0.5) is 36.4 Å². The molecule has 0 unspecified atom stereocenters. The number of ether oxygens (including phenoxy) is 1. The SMILES string of the molecule is O=C(COC(=O)c1cc(C(F)(F)F)cc(C(F)(F)F)c1)Nc1ccc(F)cc1. The highest BCUT2D eigenvalue weighted by Gasteiger charge is 2.37. The second-order valence-electron chi connectivity index (χ2n) is 5.43. The Morgan fingerprint density at radius 3 is 1.82 bits per heavy atom. The maximum atomic E-state index is 12.8. The lowest BCUT2D eigenvalue weighted by atomic mass is 10.0. The lowest BCUT2D eigenvalue weighted by Crippen LogP contribution is -2.21. The number of anilines is 1. The molecule has 2 aromatic carbocycles. The summed E-state index contributed by atoms with van der Waals surface area (Å²) in [5.41, 5.74) is -4.26. The molecule has 0 aliphatic heterocycles. The van der Waals surface area contributed by atoms with Gasteiger partial charge < -0.3 is 10.1 Å². The van der Waals surface area contributed by atoms with Gasteiger partial charge >= 0.3 is 18.3 Å². The first kappa shape index (κ1) is 21.2. The van der Waals surface area contributed by atoms with Crippen LogP contribution in [-0.2, 0) is 21.9 Å². The number of halogens is 7. The van der Waals surface area contributed by atoms with E-state index in [9.17, 15) is 40.3 Å². The van der Waals surface area contributed by atoms with Crippen molar-refractivity contribution >= 4 is 17.6 Å². The van der Waals surface area contributed by atoms with Crippen LogP contribution in [0, 0.1) is 5.82 Å². The highest BCUT2D eigenvalue weighted by atomic mass is 19.4. The minimum absolute atomic E-state index is 0.140. The highest BCUT2D eigenvalue weighted by molar-refractivity contribution is 5.95. The molecule has 0 radical (unpaired) electrons. The predicted octanol–water partition coefficient (Wildman–Crippen LogP) is 4.66. The van der Waals surface area contributed by atoms with Crippen molar-refractivity contribution in [3.05, 3.63) is 65.0 Å². The zero-order chi connectivity index (χ0) is 21.1. The molecule has 0 heterocycles. The van der Waals surface area contributed by atoms with Crippen LogP contribution in [0.3, 0.4) is 0 Å². The molecule has 1 N–H and O–H groups in total. The third kappa shape index (κ3) is 5.69. The van der Waals surface area contributed by atoms with Gasteiger partial charge in [-0.25, -0.2) is 9.18 Å². The summed E-state index contributed by atoms with van der Waals surface area (Å²) in [6, 6.07) is 4.68. The van der Waals surface area contributed by atoms with Crippen LogP contribution in [0.2, 0.25) is 0 Å². The van der Waals surface area contributed by atoms with Crippen molar-refractivity contribution in [1.82, 2.24) is 0 Å². The normalized spacial score (nSPS) is 11.8. The van der Waals surface area contributed by atoms with Gasteiger partial charge in [0, 0.05) is 5.69 Å². The Labute approximate surface area is 152 Å². The second-order valence-corrected chi connectivity index (χ2v) is 5.43. The Morgan fingerprint density at radius 1 is 0.857 bits per heavy atom. The third-order valence-electron chi connectivity index (χ3n) is 3.29. The molecule has 0 spiro atoms. The third-order valence-corrected chi connectivity index (χ3v) is 3.29. The molecule has 0 aliphatic carbocycles. The zero-order valence-electron chi connectivity index (χ0n) is 13.6. The quantitative estimate of drug-likeness (QED) is 0.591. The smallest absolute Gasteiger partial charge is 0.416 e. The van der Waals surface area contributed by atoms with Crippen molar-refractivity contribution in [3.8, 4) is 0 Å². The molecule has 0 saturated heterocycles. The summed E-state index contributed by atoms with van der Waals surface area (Å²) < 4.78 is 93.9. The minimum atomic E-state index is -5.13. The first-order chi connectivity index (χ1) is 12.9. The van der Waals surface area contributed by atoms with E-state index in [0.717, 1.165) is 12.1 Å². The molecule has 0 fully saturated rings. The molecule has 2 aromatic rings. The highest BCUT2D eigenvalue weighted by Crippen LogP contribution is 2.36. The van der Waals surface area contributed by atoms with E-state index in [1.54, 1.807) is 0 Å². The van der Waals surface area contributed by atoms with Crippen LogP contribution in [0.5, 0.6) is 0 Å². The van der Waals surface area contributed by atoms with Crippen molar-refractivity contribution in [3.63, 3.8) is 0 Å². The molecule has 0 aromatic heterocycles. The maximum absolute atomic E-state index is 12.8. The van der Waals surface area contributed by atoms with E-state index in [-0.39, 0.29) is 23.9 Å². The number of hydrogen-bond donors (Lipinski definition) is 1. The predicted molar refractivity (Wildman–Crippen MR) is 81.8 cm³/mol. The van der Waals surface area contributed by atoms with E-state index in [0.29, 0.717) is 0 Å². The summed E-state index contributed by atoms with van der Waals surface area (Å²) in [5.74, 6) is -3.05. The van der Waals surface area contributed by atoms with E-state index in [1.165, 1.54) is 12.1 Å². The Morgan fingerprint density at radius 2 is 1.36 bits per heavy atom. The van der Waals surface area contributed by atoms with Gasteiger partial charge in [-0.3, -0.25) is 4.79 Å². The van der Waals surface area contributed by atoms with Crippen LogP contribution in [0.1, 0.15) is 21.5 Å². The van der Waals surface area contributed by atoms with Gasteiger partial charge in [0.25, 0.3) is 5.91 Å². The minimum Gasteiger partial charge on any atom is -0.452 e. The van der Waals surface area contributed by atoms with Gasteiger partial charge in [0.1, 0.15) is 5.82 Å². The van der Waals surface area contributed by atoms with Crippen molar-refractivity contribution < 1.29 is 45.1 Å². The van der Waals surface area contributed by atoms with Gasteiger partial charge in [0.15, 0.2) is 6.61 Å². The number of hydrogen-bond acceptors (Lipinski definition) is 3. The van der Waals surface area contributed by atoms with E-state index in [4.69, 9.17) is 0 Å². The summed E-state index contributed by atoms with van der Waals surface area (Å²) in [7, 11) is 0. The number of nitrogens with one attached hydrogen (secondary N) is 1. The Kier molecular flexibility index (Phi) is 5.95. The van der Waals surface area contributed by atoms with Gasteiger partial charge in [0.2, 0.25) is 0 Å². The fraction of sp³-hybridized carbons (Fsp3) is 0.176. The van der Waals surface area contributed by atoms with Crippen LogP contribution in [-0.4, -0.2) is 18.5 Å². The number of benzene rings is 2. The van der Waals surface area contributed by atoms with Crippen LogP contribution < -0.4 is 5.32 Å². The Balaban J connectivity index is 2.12. The Bertz CT molecular complexity index is 842. The van der Waals surface area contributed by atoms with E-state index in [2.05, 4.69) is 10.1 Å². The lowest BCUT2D eigenvalue weighted by Gasteiger charge is -2.14. The van der Waals surface area contributed by atoms with Crippen molar-refractivity contribution in [2.45, 2.75) is 12.4 Å². The maximum Gasteiger partial charge on any atom is 0.416 e. The molecule has 2 rings (SSSR count). The average Bonchev–Trinajstić information content (AvgIpc) is 2.59. The molecular weight excluding hydrogens is 399 g/mol. The fourth-order valence-electron chi connectivity index (χ4n) is 2.02. The van der Waals surface area contributed by atoms with Crippen molar-refractivity contribution in [2.75, 3.05) is 11.9 Å². The second kappa shape index (κ2) is 7.87. The zero-order valence-corrected chi connectivity index (χ0v) is 13.6. The summed E-state index contributed by atoms with van der Waals surface area (Å²) in [5, 5.41) is 2.20. The summed E-state index contributed by atoms with van der Waals surface area (Å²) in [6.07, 6.45) is -10.3. The van der Waals surface area contributed by atoms with Crippen LogP contribution in [0.25, 0.3) is 0 Å². The largest absolute Gasteiger partial charge is 0.452 e. The number of carbonyl (C=O) groups excluding carboxylic acids is 2. The summed E-state index contributed by atoms with van der Waals surface area (Å²) in [4.78, 5) is 23.5. The summed E-state index contributed by atoms with van der Waals surface area (Å²) in [6.45, 7) is -0.978. The first-order valence-corrected chi connectivity index (χ1v) is 7.38. The van der Waals surface area contributed by atoms with Crippen molar-refractivity contribution in [1.29, 1.82) is 0 Å². The van der Waals surface area contributed by atoms with Crippen LogP contribution >= 0.6 is 0 Å². The van der Waals surface area contributed by atoms with Gasteiger partial charge in [-0.15, -0.1) is 0 Å². The molecule has 0 saturated carbocycles. The standard InChI is InChI=1S/C17H10F7NO3/c18-12-1-3-13(4-2-12)25-14(26)8-28-15(27)9-5-10(16(19,20)21)7-11(6-9)17(22,23)24/h1-7H,8H2,(H,25,26). The molecule has 150 valence electrons. The number of carbonyl (C=O) groups is 2. The lowest BCUT2D eigenvalue weighted by molar-refractivity contribution is -0.143. The number of esters is 1. The monoisotopic (exact) mass is 409 g/mol. The molecule has 0 aliphatic rings. The molecule has 1 amide bonds. The number of amides is 1. The molecule has 0 bridgehead atoms. The van der Waals surface area contributed by atoms with Gasteiger partial charge in [-0.1, -0.05) is 0 Å². The molecular formula is C17H10F7NO3. The molecule has 11 heteroatoms. The van der Waals surface area contributed by atoms with Crippen molar-refractivity contribution in [2.24, 2.45) is 0 Å². The van der Waals surface area contributed by atoms with Gasteiger partial charge in [-0.2, -0.15) is 26.3 Å². The average molecular weight is 409 g/mol. The number of alkyl halides is 6. The topological polar surface area (TPSA) is 55.4 Å².